The summed E-state index contributed by atoms with van der Waals surface area (Å²) in [5, 5.41) is 10.9. The number of methoxy groups -OCH3 is 1. The predicted octanol–water partition coefficient (Wildman–Crippen LogP) is 2.60. The number of H-pyrrole nitrogens is 1. The van der Waals surface area contributed by atoms with Crippen LogP contribution in [-0.2, 0) is 0 Å². The first-order valence-electron chi connectivity index (χ1n) is 8.19. The summed E-state index contributed by atoms with van der Waals surface area (Å²) in [4.78, 5) is 35.1. The maximum Gasteiger partial charge on any atom is 0.335 e. The van der Waals surface area contributed by atoms with Crippen LogP contribution in [-0.4, -0.2) is 33.0 Å². The van der Waals surface area contributed by atoms with E-state index >= 15 is 0 Å². The maximum atomic E-state index is 12.2. The number of nitrogens with zero attached hydrogens (tertiary/aromatic N) is 3. The summed E-state index contributed by atoms with van der Waals surface area (Å²) in [7, 11) is 1.58. The Labute approximate surface area is 162 Å². The lowest BCUT2D eigenvalue weighted by molar-refractivity contribution is 0.415. The summed E-state index contributed by atoms with van der Waals surface area (Å²) in [5.41, 5.74) is -0.451. The molecule has 2 heterocycles. The summed E-state index contributed by atoms with van der Waals surface area (Å²) in [6.45, 7) is 0. The van der Waals surface area contributed by atoms with Gasteiger partial charge in [-0.2, -0.15) is 0 Å². The Morgan fingerprint density at radius 1 is 1.21 bits per heavy atom. The molecular formula is C19H14N4O4S. The molecule has 0 aliphatic heterocycles. The van der Waals surface area contributed by atoms with Crippen LogP contribution in [0.1, 0.15) is 5.56 Å². The number of benzene rings is 2. The van der Waals surface area contributed by atoms with E-state index in [0.717, 1.165) is 14.8 Å². The molecule has 0 amide bonds. The Bertz CT molecular complexity index is 1310. The predicted molar refractivity (Wildman–Crippen MR) is 108 cm³/mol. The number of fused-ring (bicyclic) bond motifs is 1. The number of nitrogens with one attached hydrogen (secondary N) is 1. The Kier molecular flexibility index (Phi) is 4.50. The topological polar surface area (TPSA) is 110 Å². The second-order valence-corrected chi connectivity index (χ2v) is 6.76. The highest BCUT2D eigenvalue weighted by atomic mass is 32.1. The summed E-state index contributed by atoms with van der Waals surface area (Å²) < 4.78 is 7.07. The molecule has 0 bridgehead atoms. The van der Waals surface area contributed by atoms with Crippen LogP contribution in [0.2, 0.25) is 0 Å². The third-order valence-electron chi connectivity index (χ3n) is 4.02. The zero-order valence-electron chi connectivity index (χ0n) is 14.6. The molecule has 0 spiro atoms. The highest BCUT2D eigenvalue weighted by molar-refractivity contribution is 7.22. The molecule has 0 aliphatic rings. The summed E-state index contributed by atoms with van der Waals surface area (Å²) in [6.07, 6.45) is 1.20. The first kappa shape index (κ1) is 17.7. The normalized spacial score (nSPS) is 11.3. The maximum absolute atomic E-state index is 12.2. The van der Waals surface area contributed by atoms with Crippen molar-refractivity contribution in [3.63, 3.8) is 0 Å². The molecule has 0 saturated carbocycles. The fourth-order valence-electron chi connectivity index (χ4n) is 2.67. The Morgan fingerprint density at radius 3 is 2.75 bits per heavy atom. The van der Waals surface area contributed by atoms with E-state index in [2.05, 4.69) is 15.0 Å². The van der Waals surface area contributed by atoms with Crippen molar-refractivity contribution in [3.8, 4) is 17.3 Å². The van der Waals surface area contributed by atoms with Crippen molar-refractivity contribution in [2.24, 2.45) is 4.99 Å². The van der Waals surface area contributed by atoms with Gasteiger partial charge >= 0.3 is 5.69 Å². The number of rotatable bonds is 4. The smallest absolute Gasteiger partial charge is 0.335 e. The molecule has 0 fully saturated rings. The van der Waals surface area contributed by atoms with Crippen molar-refractivity contribution in [1.29, 1.82) is 0 Å². The second kappa shape index (κ2) is 7.12. The molecule has 2 aromatic heterocycles. The number of aromatic nitrogens is 3. The molecule has 8 nitrogen and oxygen atoms in total. The minimum Gasteiger partial charge on any atom is -0.497 e. The van der Waals surface area contributed by atoms with E-state index in [9.17, 15) is 14.7 Å². The molecule has 0 unspecified atom stereocenters. The fourth-order valence-corrected chi connectivity index (χ4v) is 3.51. The third kappa shape index (κ3) is 3.19. The van der Waals surface area contributed by atoms with E-state index in [4.69, 9.17) is 4.74 Å². The molecule has 9 heteroatoms. The van der Waals surface area contributed by atoms with Crippen molar-refractivity contribution in [1.82, 2.24) is 14.5 Å². The average molecular weight is 394 g/mol. The summed E-state index contributed by atoms with van der Waals surface area (Å²) >= 11 is 1.31. The van der Waals surface area contributed by atoms with E-state index in [-0.39, 0.29) is 5.56 Å². The number of para-hydroxylation sites is 1. The van der Waals surface area contributed by atoms with E-state index in [1.165, 1.54) is 17.6 Å². The van der Waals surface area contributed by atoms with Gasteiger partial charge in [0.1, 0.15) is 11.3 Å². The van der Waals surface area contributed by atoms with Gasteiger partial charge < -0.3 is 9.84 Å². The molecule has 2 aromatic carbocycles. The molecule has 0 atom stereocenters. The quantitative estimate of drug-likeness (QED) is 0.517. The molecule has 0 saturated heterocycles. The van der Waals surface area contributed by atoms with Gasteiger partial charge in [-0.15, -0.1) is 0 Å². The Morgan fingerprint density at radius 2 is 2.00 bits per heavy atom. The van der Waals surface area contributed by atoms with Gasteiger partial charge in [-0.3, -0.25) is 9.78 Å². The van der Waals surface area contributed by atoms with Crippen LogP contribution < -0.4 is 16.0 Å². The minimum atomic E-state index is -0.738. The molecule has 140 valence electrons. The molecular weight excluding hydrogens is 380 g/mol. The largest absolute Gasteiger partial charge is 0.497 e. The molecule has 4 aromatic rings. The number of thiazole rings is 1. The summed E-state index contributed by atoms with van der Waals surface area (Å²) in [5.74, 6) is 0.210. The lowest BCUT2D eigenvalue weighted by Crippen LogP contribution is -2.31. The van der Waals surface area contributed by atoms with Gasteiger partial charge in [0.05, 0.1) is 23.0 Å². The lowest BCUT2D eigenvalue weighted by Gasteiger charge is -2.08. The van der Waals surface area contributed by atoms with Crippen LogP contribution in [0.3, 0.4) is 0 Å². The van der Waals surface area contributed by atoms with Crippen molar-refractivity contribution in [3.05, 3.63) is 74.9 Å². The minimum absolute atomic E-state index is 0.139. The van der Waals surface area contributed by atoms with Gasteiger partial charge in [0.25, 0.3) is 5.56 Å². The zero-order chi connectivity index (χ0) is 19.7. The van der Waals surface area contributed by atoms with Crippen LogP contribution in [0, 0.1) is 0 Å². The summed E-state index contributed by atoms with van der Waals surface area (Å²) in [6, 6.07) is 13.9. The molecule has 0 radical (unpaired) electrons. The monoisotopic (exact) mass is 394 g/mol. The van der Waals surface area contributed by atoms with Gasteiger partial charge in [-0.1, -0.05) is 29.5 Å². The van der Waals surface area contributed by atoms with E-state index in [1.807, 2.05) is 12.1 Å². The van der Waals surface area contributed by atoms with Crippen molar-refractivity contribution in [2.45, 2.75) is 0 Å². The SMILES string of the molecule is COc1ccc2nc(/N=C/c3c(O)n(-c4ccccc4)c(=O)[nH]c3=O)sc2c1. The van der Waals surface area contributed by atoms with Crippen LogP contribution in [0.25, 0.3) is 15.9 Å². The van der Waals surface area contributed by atoms with Crippen molar-refractivity contribution < 1.29 is 9.84 Å². The highest BCUT2D eigenvalue weighted by Crippen LogP contribution is 2.30. The van der Waals surface area contributed by atoms with Gasteiger partial charge in [-0.05, 0) is 30.3 Å². The molecule has 28 heavy (non-hydrogen) atoms. The molecule has 2 N–H and O–H groups in total. The number of hydrogen-bond acceptors (Lipinski definition) is 7. The van der Waals surface area contributed by atoms with Crippen molar-refractivity contribution in [2.75, 3.05) is 7.11 Å². The number of aromatic amines is 1. The first-order valence-corrected chi connectivity index (χ1v) is 9.01. The lowest BCUT2D eigenvalue weighted by atomic mass is 10.3. The standard InChI is InChI=1S/C19H14N4O4S/c1-27-12-7-8-14-15(9-12)28-18(21-14)20-10-13-16(24)22-19(26)23(17(13)25)11-5-3-2-4-6-11/h2-10,25H,1H3,(H,22,24,26)/b20-10+. The molecule has 4 rings (SSSR count). The zero-order valence-corrected chi connectivity index (χ0v) is 15.4. The van der Waals surface area contributed by atoms with E-state index in [1.54, 1.807) is 43.5 Å². The molecule has 0 aliphatic carbocycles. The first-order chi connectivity index (χ1) is 13.6. The van der Waals surface area contributed by atoms with Gasteiger partial charge in [0.15, 0.2) is 0 Å². The van der Waals surface area contributed by atoms with Crippen LogP contribution in [0.5, 0.6) is 11.6 Å². The van der Waals surface area contributed by atoms with Crippen LogP contribution >= 0.6 is 11.3 Å². The Hall–Kier alpha value is -3.72. The second-order valence-electron chi connectivity index (χ2n) is 5.76. The number of aromatic hydroxyl groups is 1. The van der Waals surface area contributed by atoms with E-state index < -0.39 is 17.1 Å². The average Bonchev–Trinajstić information content (AvgIpc) is 3.10. The van der Waals surface area contributed by atoms with E-state index in [0.29, 0.717) is 16.6 Å². The van der Waals surface area contributed by atoms with Crippen LogP contribution in [0.4, 0.5) is 5.13 Å². The van der Waals surface area contributed by atoms with Gasteiger partial charge in [0, 0.05) is 6.21 Å². The van der Waals surface area contributed by atoms with Gasteiger partial charge in [-0.25, -0.2) is 19.3 Å². The number of hydrogen-bond donors (Lipinski definition) is 2. The highest BCUT2D eigenvalue weighted by Gasteiger charge is 2.14. The third-order valence-corrected chi connectivity index (χ3v) is 4.95. The van der Waals surface area contributed by atoms with Crippen molar-refractivity contribution >= 4 is 32.9 Å². The van der Waals surface area contributed by atoms with Crippen LogP contribution in [0.15, 0.2) is 63.1 Å². The number of ether oxygens (including phenoxy) is 1. The van der Waals surface area contributed by atoms with Gasteiger partial charge in [0.2, 0.25) is 11.0 Å². The number of aliphatic imine (C=N–C) groups is 1. The fraction of sp³-hybridized carbons (Fsp3) is 0.0526. The Balaban J connectivity index is 1.78.